The average Bonchev–Trinajstić information content (AvgIpc) is 2.82. The Labute approximate surface area is 136 Å². The summed E-state index contributed by atoms with van der Waals surface area (Å²) in [5.74, 6) is 2.68. The van der Waals surface area contributed by atoms with Crippen LogP contribution in [-0.4, -0.2) is 0 Å². The lowest BCUT2D eigenvalue weighted by molar-refractivity contribution is 0.160. The Kier molecular flexibility index (Phi) is 3.26. The second-order valence-corrected chi connectivity index (χ2v) is 9.34. The molecule has 0 bridgehead atoms. The van der Waals surface area contributed by atoms with Crippen LogP contribution < -0.4 is 0 Å². The van der Waals surface area contributed by atoms with Crippen LogP contribution in [0.5, 0.6) is 0 Å². The Bertz CT molecular complexity index is 571. The smallest absolute Gasteiger partial charge is 0.00811 e. The second kappa shape index (κ2) is 4.86. The highest BCUT2D eigenvalue weighted by molar-refractivity contribution is 5.49. The summed E-state index contributed by atoms with van der Waals surface area (Å²) in [6.07, 6.45) is 17.4. The summed E-state index contributed by atoms with van der Waals surface area (Å²) in [7, 11) is 0. The van der Waals surface area contributed by atoms with Gasteiger partial charge >= 0.3 is 0 Å². The van der Waals surface area contributed by atoms with Gasteiger partial charge in [0.05, 0.1) is 0 Å². The fraction of sp³-hybridized carbons (Fsp3) is 0.727. The maximum absolute atomic E-state index is 2.63. The van der Waals surface area contributed by atoms with E-state index in [1.807, 2.05) is 0 Å². The van der Waals surface area contributed by atoms with Gasteiger partial charge in [0, 0.05) is 0 Å². The van der Waals surface area contributed by atoms with Crippen molar-refractivity contribution in [3.05, 3.63) is 34.9 Å². The number of allylic oxidation sites excluding steroid dienone is 6. The van der Waals surface area contributed by atoms with Gasteiger partial charge in [-0.3, -0.25) is 0 Å². The van der Waals surface area contributed by atoms with Crippen LogP contribution in [0, 0.1) is 28.6 Å². The molecule has 22 heavy (non-hydrogen) atoms. The first-order chi connectivity index (χ1) is 10.4. The number of hydrogen-bond donors (Lipinski definition) is 0. The molecule has 0 aliphatic heterocycles. The third-order valence-electron chi connectivity index (χ3n) is 7.52. The van der Waals surface area contributed by atoms with E-state index < -0.39 is 0 Å². The van der Waals surface area contributed by atoms with Crippen molar-refractivity contribution in [1.82, 2.24) is 0 Å². The molecule has 0 N–H and O–H groups in total. The van der Waals surface area contributed by atoms with E-state index in [1.54, 1.807) is 16.7 Å². The first-order valence-corrected chi connectivity index (χ1v) is 9.56. The van der Waals surface area contributed by atoms with Gasteiger partial charge in [-0.15, -0.1) is 0 Å². The van der Waals surface area contributed by atoms with Gasteiger partial charge < -0.3 is 0 Å². The minimum Gasteiger partial charge on any atom is -0.0805 e. The van der Waals surface area contributed by atoms with Gasteiger partial charge in [0.2, 0.25) is 0 Å². The molecule has 0 heteroatoms. The van der Waals surface area contributed by atoms with Gasteiger partial charge in [-0.1, -0.05) is 52.3 Å². The summed E-state index contributed by atoms with van der Waals surface area (Å²) in [5, 5.41) is 0. The van der Waals surface area contributed by atoms with Crippen LogP contribution in [0.2, 0.25) is 0 Å². The molecule has 0 saturated heterocycles. The molecule has 1 saturated carbocycles. The zero-order valence-corrected chi connectivity index (χ0v) is 14.9. The van der Waals surface area contributed by atoms with Crippen molar-refractivity contribution < 1.29 is 0 Å². The van der Waals surface area contributed by atoms with Crippen LogP contribution >= 0.6 is 0 Å². The fourth-order valence-corrected chi connectivity index (χ4v) is 6.17. The summed E-state index contributed by atoms with van der Waals surface area (Å²) in [4.78, 5) is 0. The zero-order valence-electron chi connectivity index (χ0n) is 14.9. The van der Waals surface area contributed by atoms with Crippen molar-refractivity contribution in [3.63, 3.8) is 0 Å². The van der Waals surface area contributed by atoms with Gasteiger partial charge in [0.1, 0.15) is 0 Å². The molecule has 0 amide bonds. The van der Waals surface area contributed by atoms with Crippen LogP contribution in [0.1, 0.15) is 72.6 Å². The van der Waals surface area contributed by atoms with Gasteiger partial charge in [0.25, 0.3) is 0 Å². The molecule has 0 spiro atoms. The van der Waals surface area contributed by atoms with Crippen LogP contribution in [0.25, 0.3) is 0 Å². The van der Waals surface area contributed by atoms with Crippen LogP contribution in [0.4, 0.5) is 0 Å². The molecule has 0 unspecified atom stereocenters. The predicted molar refractivity (Wildman–Crippen MR) is 94.6 cm³/mol. The largest absolute Gasteiger partial charge is 0.0805 e. The Balaban J connectivity index is 1.78. The van der Waals surface area contributed by atoms with E-state index in [2.05, 4.69) is 45.9 Å². The number of rotatable bonds is 1. The molecule has 0 aromatic carbocycles. The topological polar surface area (TPSA) is 0 Å². The molecule has 4 aliphatic rings. The third kappa shape index (κ3) is 2.02. The molecule has 120 valence electrons. The van der Waals surface area contributed by atoms with Crippen molar-refractivity contribution in [2.75, 3.05) is 0 Å². The SMILES string of the molecule is CC[C@H]1CC[C@H]2[C@@H]3CCC4=CCC(C)(C)CC4=C3C=C[C@]12C. The fourth-order valence-electron chi connectivity index (χ4n) is 6.17. The Hall–Kier alpha value is -0.780. The maximum atomic E-state index is 2.63. The molecule has 1 fully saturated rings. The lowest BCUT2D eigenvalue weighted by atomic mass is 9.58. The van der Waals surface area contributed by atoms with Crippen LogP contribution in [0.15, 0.2) is 34.9 Å². The molecule has 4 atom stereocenters. The molecule has 0 aromatic rings. The van der Waals surface area contributed by atoms with Crippen LogP contribution in [-0.2, 0) is 0 Å². The van der Waals surface area contributed by atoms with Crippen LogP contribution in [0.3, 0.4) is 0 Å². The highest BCUT2D eigenvalue weighted by Crippen LogP contribution is 2.60. The third-order valence-corrected chi connectivity index (χ3v) is 7.52. The van der Waals surface area contributed by atoms with E-state index in [-0.39, 0.29) is 0 Å². The van der Waals surface area contributed by atoms with Gasteiger partial charge in [-0.25, -0.2) is 0 Å². The Morgan fingerprint density at radius 2 is 1.95 bits per heavy atom. The summed E-state index contributed by atoms with van der Waals surface area (Å²) in [5.41, 5.74) is 6.12. The zero-order chi connectivity index (χ0) is 15.5. The molecule has 0 radical (unpaired) electrons. The van der Waals surface area contributed by atoms with E-state index in [9.17, 15) is 0 Å². The van der Waals surface area contributed by atoms with E-state index in [4.69, 9.17) is 0 Å². The van der Waals surface area contributed by atoms with Crippen molar-refractivity contribution in [2.24, 2.45) is 28.6 Å². The minimum atomic E-state index is 0.462. The molecule has 4 aliphatic carbocycles. The monoisotopic (exact) mass is 296 g/mol. The van der Waals surface area contributed by atoms with Gasteiger partial charge in [0.15, 0.2) is 0 Å². The van der Waals surface area contributed by atoms with E-state index in [0.29, 0.717) is 10.8 Å². The number of hydrogen-bond acceptors (Lipinski definition) is 0. The minimum absolute atomic E-state index is 0.462. The summed E-state index contributed by atoms with van der Waals surface area (Å²) < 4.78 is 0. The highest BCUT2D eigenvalue weighted by atomic mass is 14.5. The van der Waals surface area contributed by atoms with Crippen molar-refractivity contribution in [3.8, 4) is 0 Å². The lowest BCUT2D eigenvalue weighted by Crippen LogP contribution is -2.37. The molecular formula is C22H32. The maximum Gasteiger partial charge on any atom is -0.00811 e. The standard InChI is InChI=1S/C22H32/c1-5-16-7-9-20-18-8-6-15-10-12-21(2,3)14-19(15)17(18)11-13-22(16,20)4/h10-11,13,16,18,20H,5-9,12,14H2,1-4H3/t16-,18+,20-,22+/m0/s1. The summed E-state index contributed by atoms with van der Waals surface area (Å²) in [6, 6.07) is 0. The predicted octanol–water partition coefficient (Wildman–Crippen LogP) is 6.45. The second-order valence-electron chi connectivity index (χ2n) is 9.34. The Morgan fingerprint density at radius 1 is 1.14 bits per heavy atom. The summed E-state index contributed by atoms with van der Waals surface area (Å²) >= 11 is 0. The Morgan fingerprint density at radius 3 is 2.73 bits per heavy atom. The highest BCUT2D eigenvalue weighted by Gasteiger charge is 2.50. The van der Waals surface area contributed by atoms with E-state index >= 15 is 0 Å². The van der Waals surface area contributed by atoms with Crippen molar-refractivity contribution in [2.45, 2.75) is 72.6 Å². The first-order valence-electron chi connectivity index (χ1n) is 9.56. The summed E-state index contributed by atoms with van der Waals surface area (Å²) in [6.45, 7) is 9.84. The van der Waals surface area contributed by atoms with Crippen molar-refractivity contribution in [1.29, 1.82) is 0 Å². The molecule has 0 aromatic heterocycles. The normalized spacial score (nSPS) is 42.5. The quantitative estimate of drug-likeness (QED) is 0.521. The molecule has 0 heterocycles. The van der Waals surface area contributed by atoms with E-state index in [1.165, 1.54) is 44.9 Å². The van der Waals surface area contributed by atoms with Gasteiger partial charge in [-0.05, 0) is 83.8 Å². The molecule has 0 nitrogen and oxygen atoms in total. The van der Waals surface area contributed by atoms with E-state index in [0.717, 1.165) is 17.8 Å². The molecular weight excluding hydrogens is 264 g/mol. The lowest BCUT2D eigenvalue weighted by Gasteiger charge is -2.47. The van der Waals surface area contributed by atoms with Crippen molar-refractivity contribution >= 4 is 0 Å². The average molecular weight is 296 g/mol. The molecule has 4 rings (SSSR count). The first kappa shape index (κ1) is 14.8. The van der Waals surface area contributed by atoms with Gasteiger partial charge in [-0.2, -0.15) is 0 Å². The number of fused-ring (bicyclic) bond motifs is 4.